The molecule has 0 atom stereocenters. The van der Waals surface area contributed by atoms with E-state index in [1.807, 2.05) is 29.5 Å². The van der Waals surface area contributed by atoms with Crippen molar-refractivity contribution in [2.45, 2.75) is 19.8 Å². The van der Waals surface area contributed by atoms with Crippen LogP contribution in [0.4, 0.5) is 4.39 Å². The van der Waals surface area contributed by atoms with Crippen LogP contribution in [0.3, 0.4) is 0 Å². The molecule has 3 nitrogen and oxygen atoms in total. The molecule has 1 N–H and O–H groups in total. The molecule has 2 rings (SSSR count). The van der Waals surface area contributed by atoms with Gasteiger partial charge in [0.1, 0.15) is 11.6 Å². The van der Waals surface area contributed by atoms with Crippen molar-refractivity contribution >= 4 is 34.2 Å². The number of hydrogen-bond donors (Lipinski definition) is 1. The predicted molar refractivity (Wildman–Crippen MR) is 81.2 cm³/mol. The van der Waals surface area contributed by atoms with Gasteiger partial charge in [-0.15, -0.1) is 0 Å². The molecule has 0 unspecified atom stereocenters. The van der Waals surface area contributed by atoms with Crippen molar-refractivity contribution in [3.05, 3.63) is 60.0 Å². The van der Waals surface area contributed by atoms with Gasteiger partial charge in [-0.1, -0.05) is 30.7 Å². The van der Waals surface area contributed by atoms with Crippen LogP contribution in [0.25, 0.3) is 0 Å². The molecule has 0 fully saturated rings. The van der Waals surface area contributed by atoms with E-state index in [1.54, 1.807) is 12.1 Å². The number of aromatic amines is 1. The summed E-state index contributed by atoms with van der Waals surface area (Å²) in [7, 11) is 0. The Morgan fingerprint density at radius 1 is 1.47 bits per heavy atom. The molecule has 0 aliphatic rings. The molecular weight excluding hydrogens is 382 g/mol. The predicted octanol–water partition coefficient (Wildman–Crippen LogP) is 3.32. The van der Waals surface area contributed by atoms with Gasteiger partial charge in [-0.05, 0) is 40.6 Å². The van der Waals surface area contributed by atoms with E-state index < -0.39 is 5.82 Å². The third kappa shape index (κ3) is 3.14. The topological polar surface area (TPSA) is 45.8 Å². The first kappa shape index (κ1) is 14.5. The Morgan fingerprint density at radius 2 is 2.21 bits per heavy atom. The first-order valence-corrected chi connectivity index (χ1v) is 7.19. The number of nitrogens with zero attached hydrogens (tertiary/aromatic N) is 1. The monoisotopic (exact) mass is 392 g/mol. The lowest BCUT2D eigenvalue weighted by molar-refractivity contribution is 0.612. The van der Waals surface area contributed by atoms with Crippen LogP contribution in [0, 0.1) is 9.39 Å². The lowest BCUT2D eigenvalue weighted by atomic mass is 10.1. The molecule has 0 saturated carbocycles. The Balaban J connectivity index is 2.41. The molecule has 2 aromatic rings. The number of hydrogen-bond acceptors (Lipinski definition) is 2. The molecule has 0 radical (unpaired) electrons. The van der Waals surface area contributed by atoms with Gasteiger partial charge in [0.05, 0.1) is 14.3 Å². The minimum atomic E-state index is -0.469. The average molecular weight is 393 g/mol. The molecule has 0 spiro atoms. The number of nitrogens with one attached hydrogen (secondary N) is 1. The summed E-state index contributed by atoms with van der Waals surface area (Å²) in [5.41, 5.74) is 0.950. The third-order valence-corrected chi connectivity index (χ3v) is 4.11. The minimum absolute atomic E-state index is 0.0704. The van der Waals surface area contributed by atoms with Crippen molar-refractivity contribution in [3.8, 4) is 0 Å². The maximum Gasteiger partial charge on any atom is 0.264 e. The molecule has 0 aliphatic carbocycles. The van der Waals surface area contributed by atoms with Crippen LogP contribution in [0.2, 0.25) is 5.02 Å². The third-order valence-electron chi connectivity index (χ3n) is 2.70. The fraction of sp³-hybridized carbons (Fsp3) is 0.231. The molecule has 0 saturated heterocycles. The zero-order valence-electron chi connectivity index (χ0n) is 10.1. The molecule has 1 aromatic heterocycles. The second-order valence-corrected chi connectivity index (χ2v) is 5.50. The summed E-state index contributed by atoms with van der Waals surface area (Å²) in [4.78, 5) is 18.7. The van der Waals surface area contributed by atoms with E-state index in [0.29, 0.717) is 21.4 Å². The standard InChI is InChI=1S/C13H11ClFIN2O/c1-2-9-12(16)13(19)18-10(17-9)6-7-4-3-5-8(14)11(7)15/h3-5H,2,6H2,1H3,(H,17,18,19). The second kappa shape index (κ2) is 6.00. The number of rotatable bonds is 3. The normalized spacial score (nSPS) is 10.7. The van der Waals surface area contributed by atoms with E-state index in [1.165, 1.54) is 6.07 Å². The van der Waals surface area contributed by atoms with Gasteiger partial charge in [-0.2, -0.15) is 0 Å². The van der Waals surface area contributed by atoms with Crippen LogP contribution in [-0.4, -0.2) is 9.97 Å². The molecule has 19 heavy (non-hydrogen) atoms. The quantitative estimate of drug-likeness (QED) is 0.815. The largest absolute Gasteiger partial charge is 0.309 e. The Morgan fingerprint density at radius 3 is 2.89 bits per heavy atom. The van der Waals surface area contributed by atoms with Gasteiger partial charge < -0.3 is 4.98 Å². The molecule has 0 aliphatic heterocycles. The van der Waals surface area contributed by atoms with Crippen molar-refractivity contribution in [2.24, 2.45) is 0 Å². The smallest absolute Gasteiger partial charge is 0.264 e. The highest BCUT2D eigenvalue weighted by atomic mass is 127. The van der Waals surface area contributed by atoms with E-state index in [4.69, 9.17) is 11.6 Å². The van der Waals surface area contributed by atoms with Gasteiger partial charge in [0.15, 0.2) is 0 Å². The van der Waals surface area contributed by atoms with Crippen LogP contribution in [0.5, 0.6) is 0 Å². The molecule has 0 amide bonds. The summed E-state index contributed by atoms with van der Waals surface area (Å²) in [5.74, 6) is -0.0214. The number of aryl methyl sites for hydroxylation is 1. The maximum absolute atomic E-state index is 13.8. The highest BCUT2D eigenvalue weighted by molar-refractivity contribution is 14.1. The lowest BCUT2D eigenvalue weighted by Crippen LogP contribution is -2.18. The first-order chi connectivity index (χ1) is 9.02. The Kier molecular flexibility index (Phi) is 4.57. The number of halogens is 3. The SMILES string of the molecule is CCc1nc(Cc2cccc(Cl)c2F)[nH]c(=O)c1I. The Labute approximate surface area is 128 Å². The van der Waals surface area contributed by atoms with Gasteiger partial charge in [0, 0.05) is 6.42 Å². The van der Waals surface area contributed by atoms with Crippen molar-refractivity contribution in [1.82, 2.24) is 9.97 Å². The second-order valence-electron chi connectivity index (χ2n) is 4.02. The lowest BCUT2D eigenvalue weighted by Gasteiger charge is -2.06. The molecule has 0 bridgehead atoms. The summed E-state index contributed by atoms with van der Waals surface area (Å²) in [6.45, 7) is 1.92. The van der Waals surface area contributed by atoms with Crippen molar-refractivity contribution in [2.75, 3.05) is 0 Å². The minimum Gasteiger partial charge on any atom is -0.309 e. The summed E-state index contributed by atoms with van der Waals surface area (Å²) >= 11 is 7.69. The average Bonchev–Trinajstić information content (AvgIpc) is 2.39. The highest BCUT2D eigenvalue weighted by Crippen LogP contribution is 2.19. The molecule has 1 heterocycles. The van der Waals surface area contributed by atoms with E-state index in [-0.39, 0.29) is 17.0 Å². The van der Waals surface area contributed by atoms with Crippen molar-refractivity contribution < 1.29 is 4.39 Å². The fourth-order valence-corrected chi connectivity index (χ4v) is 2.57. The van der Waals surface area contributed by atoms with Gasteiger partial charge in [-0.3, -0.25) is 4.79 Å². The van der Waals surface area contributed by atoms with E-state index in [9.17, 15) is 9.18 Å². The molecule has 6 heteroatoms. The van der Waals surface area contributed by atoms with Gasteiger partial charge in [-0.25, -0.2) is 9.37 Å². The van der Waals surface area contributed by atoms with Crippen molar-refractivity contribution in [3.63, 3.8) is 0 Å². The van der Waals surface area contributed by atoms with Crippen LogP contribution >= 0.6 is 34.2 Å². The van der Waals surface area contributed by atoms with Gasteiger partial charge in [0.25, 0.3) is 5.56 Å². The van der Waals surface area contributed by atoms with Crippen LogP contribution < -0.4 is 5.56 Å². The fourth-order valence-electron chi connectivity index (χ4n) is 1.74. The number of aromatic nitrogens is 2. The van der Waals surface area contributed by atoms with Crippen LogP contribution in [-0.2, 0) is 12.8 Å². The van der Waals surface area contributed by atoms with E-state index in [0.717, 1.165) is 5.69 Å². The maximum atomic E-state index is 13.8. The summed E-state index contributed by atoms with van der Waals surface area (Å²) < 4.78 is 14.4. The van der Waals surface area contributed by atoms with E-state index >= 15 is 0 Å². The van der Waals surface area contributed by atoms with Gasteiger partial charge >= 0.3 is 0 Å². The molecule has 1 aromatic carbocycles. The summed E-state index contributed by atoms with van der Waals surface area (Å²) in [6.07, 6.45) is 0.874. The summed E-state index contributed by atoms with van der Waals surface area (Å²) in [6, 6.07) is 4.79. The van der Waals surface area contributed by atoms with Gasteiger partial charge in [0.2, 0.25) is 0 Å². The van der Waals surface area contributed by atoms with Crippen LogP contribution in [0.1, 0.15) is 24.0 Å². The zero-order chi connectivity index (χ0) is 14.0. The molecule has 100 valence electrons. The number of benzene rings is 1. The summed E-state index contributed by atoms with van der Waals surface area (Å²) in [5, 5.41) is 0.0704. The highest BCUT2D eigenvalue weighted by Gasteiger charge is 2.11. The Bertz CT molecular complexity index is 672. The number of H-pyrrole nitrogens is 1. The Hall–Kier alpha value is -0.950. The molecular formula is C13H11ClFIN2O. The first-order valence-electron chi connectivity index (χ1n) is 5.73. The zero-order valence-corrected chi connectivity index (χ0v) is 13.0. The van der Waals surface area contributed by atoms with E-state index in [2.05, 4.69) is 9.97 Å². The van der Waals surface area contributed by atoms with Crippen LogP contribution in [0.15, 0.2) is 23.0 Å². The van der Waals surface area contributed by atoms with Crippen molar-refractivity contribution in [1.29, 1.82) is 0 Å².